The second-order valence-corrected chi connectivity index (χ2v) is 16.4. The Kier molecular flexibility index (Phi) is 20.1. The monoisotopic (exact) mass is 852 g/mol. The van der Waals surface area contributed by atoms with Crippen LogP contribution >= 0.6 is 0 Å². The summed E-state index contributed by atoms with van der Waals surface area (Å²) < 4.78 is 88.3. The lowest BCUT2D eigenvalue weighted by Crippen LogP contribution is -2.48. The minimum atomic E-state index is -0.879. The second-order valence-electron chi connectivity index (χ2n) is 16.4. The minimum absolute atomic E-state index is 0.0313. The van der Waals surface area contributed by atoms with E-state index in [2.05, 4.69) is 17.4 Å². The van der Waals surface area contributed by atoms with Crippen molar-refractivity contribution in [1.82, 2.24) is 10.8 Å². The second kappa shape index (κ2) is 23.9. The summed E-state index contributed by atoms with van der Waals surface area (Å²) in [7, 11) is 0. The summed E-state index contributed by atoms with van der Waals surface area (Å²) in [5.74, 6) is -3.40. The van der Waals surface area contributed by atoms with Crippen molar-refractivity contribution in [3.05, 3.63) is 12.7 Å². The molecule has 0 aliphatic carbocycles. The van der Waals surface area contributed by atoms with Gasteiger partial charge in [-0.15, -0.1) is 0 Å². The van der Waals surface area contributed by atoms with Gasteiger partial charge in [0, 0.05) is 0 Å². The molecule has 0 unspecified atom stereocenters. The molecule has 0 radical (unpaired) electrons. The molecule has 59 heavy (non-hydrogen) atoms. The van der Waals surface area contributed by atoms with Crippen LogP contribution in [-0.2, 0) is 80.7 Å². The van der Waals surface area contributed by atoms with Crippen molar-refractivity contribution in [3.63, 3.8) is 0 Å². The highest BCUT2D eigenvalue weighted by Crippen LogP contribution is 2.22. The van der Waals surface area contributed by atoms with Crippen molar-refractivity contribution in [2.45, 2.75) is 121 Å². The lowest BCUT2D eigenvalue weighted by molar-refractivity contribution is -0.287. The smallest absolute Gasteiger partial charge is 0.431 e. The Morgan fingerprint density at radius 3 is 1.20 bits per heavy atom. The molecule has 0 bridgehead atoms. The van der Waals surface area contributed by atoms with E-state index in [0.29, 0.717) is 52.9 Å². The fourth-order valence-corrected chi connectivity index (χ4v) is 5.59. The number of nitrogens with one attached hydrogen (secondary N) is 2. The highest BCUT2D eigenvalue weighted by atomic mass is 16.7. The number of hydroxylamine groups is 1. The van der Waals surface area contributed by atoms with Crippen molar-refractivity contribution in [2.24, 2.45) is 0 Å². The summed E-state index contributed by atoms with van der Waals surface area (Å²) in [6.45, 7) is 20.7. The molecule has 4 aliphatic rings. The first kappa shape index (κ1) is 49.5. The third-order valence-electron chi connectivity index (χ3n) is 9.13. The van der Waals surface area contributed by atoms with Crippen molar-refractivity contribution < 1.29 is 85.5 Å². The lowest BCUT2D eigenvalue weighted by atomic mass is 10.2. The van der Waals surface area contributed by atoms with Gasteiger partial charge >= 0.3 is 6.09 Å². The summed E-state index contributed by atoms with van der Waals surface area (Å²) in [5, 5.41) is 2.86. The topological polar surface area (TPSA) is 206 Å². The van der Waals surface area contributed by atoms with Gasteiger partial charge in [0.15, 0.2) is 29.8 Å². The maximum atomic E-state index is 13.1. The molecule has 20 nitrogen and oxygen atoms in total. The Morgan fingerprint density at radius 1 is 0.576 bits per heavy atom. The lowest BCUT2D eigenvalue weighted by Gasteiger charge is -2.36. The summed E-state index contributed by atoms with van der Waals surface area (Å²) in [4.78, 5) is 30.0. The molecule has 4 heterocycles. The van der Waals surface area contributed by atoms with Gasteiger partial charge in [-0.3, -0.25) is 9.63 Å². The molecule has 0 aromatic heterocycles. The average molecular weight is 853 g/mol. The Hall–Kier alpha value is -2.12. The average Bonchev–Trinajstić information content (AvgIpc) is 3.18. The molecule has 4 saturated heterocycles. The maximum Gasteiger partial charge on any atom is 0.431 e. The molecule has 20 heteroatoms. The van der Waals surface area contributed by atoms with Gasteiger partial charge in [0.25, 0.3) is 0 Å². The van der Waals surface area contributed by atoms with Crippen LogP contribution in [0.25, 0.3) is 0 Å². The highest BCUT2D eigenvalue weighted by molar-refractivity contribution is 5.77. The molecule has 0 atom stereocenters. The number of rotatable bonds is 24. The van der Waals surface area contributed by atoms with Crippen LogP contribution in [0.4, 0.5) is 4.79 Å². The fourth-order valence-electron chi connectivity index (χ4n) is 5.59. The van der Waals surface area contributed by atoms with E-state index in [0.717, 1.165) is 0 Å². The normalized spacial score (nSPS) is 22.8. The van der Waals surface area contributed by atoms with Crippen LogP contribution in [0, 0.1) is 0 Å². The standard InChI is InChI=1S/C39H68N2O18/c1-10-11-44-35(43)41-59-26-34(42)40-27(12-45-28(14-47-30-18-51-36(2,3)52-19-30)15-48-31-20-53-37(4,5)54-21-31)13-46-29(16-49-32-22-55-38(6,7)56-23-32)17-50-33-24-57-39(8,9)58-25-33/h10,27-33H,1,11-26H2,2-9H3,(H,40,42)(H,41,43). The summed E-state index contributed by atoms with van der Waals surface area (Å²) in [6.07, 6.45) is -2.04. The Morgan fingerprint density at radius 2 is 0.898 bits per heavy atom. The SMILES string of the molecule is C=CCOC(=O)NOCC(=O)NC(COC(COC1COC(C)(C)OC1)COC1COC(C)(C)OC1)COC(COC1COC(C)(C)OC1)COC1COC(C)(C)OC1. The van der Waals surface area contributed by atoms with E-state index in [-0.39, 0.29) is 70.7 Å². The van der Waals surface area contributed by atoms with E-state index in [1.807, 2.05) is 55.4 Å². The van der Waals surface area contributed by atoms with Gasteiger partial charge in [0.05, 0.1) is 98.5 Å². The van der Waals surface area contributed by atoms with Gasteiger partial charge in [-0.2, -0.15) is 5.48 Å². The van der Waals surface area contributed by atoms with Gasteiger partial charge in [-0.25, -0.2) is 4.79 Å². The molecule has 4 fully saturated rings. The van der Waals surface area contributed by atoms with Crippen LogP contribution in [0.1, 0.15) is 55.4 Å². The first-order valence-electron chi connectivity index (χ1n) is 20.2. The predicted octanol–water partition coefficient (Wildman–Crippen LogP) is 1.76. The zero-order chi connectivity index (χ0) is 42.9. The van der Waals surface area contributed by atoms with Gasteiger partial charge in [-0.05, 0) is 55.4 Å². The number of carbonyl (C=O) groups excluding carboxylic acids is 2. The Balaban J connectivity index is 1.40. The third kappa shape index (κ3) is 20.1. The van der Waals surface area contributed by atoms with Crippen molar-refractivity contribution in [3.8, 4) is 0 Å². The molecule has 2 amide bonds. The predicted molar refractivity (Wildman–Crippen MR) is 205 cm³/mol. The number of carbonyl (C=O) groups is 2. The van der Waals surface area contributed by atoms with Crippen LogP contribution in [-0.4, -0.2) is 184 Å². The Labute approximate surface area is 347 Å². The van der Waals surface area contributed by atoms with E-state index in [9.17, 15) is 9.59 Å². The molecule has 4 aliphatic heterocycles. The molecular weight excluding hydrogens is 784 g/mol. The van der Waals surface area contributed by atoms with Crippen molar-refractivity contribution in [2.75, 3.05) is 106 Å². The Bertz CT molecular complexity index is 1090. The van der Waals surface area contributed by atoms with E-state index in [4.69, 9.17) is 75.9 Å². The summed E-state index contributed by atoms with van der Waals surface area (Å²) in [6, 6.07) is -0.739. The summed E-state index contributed by atoms with van der Waals surface area (Å²) >= 11 is 0. The van der Waals surface area contributed by atoms with Gasteiger partial charge < -0.3 is 76.4 Å². The largest absolute Gasteiger partial charge is 0.444 e. The molecule has 0 aromatic carbocycles. The zero-order valence-electron chi connectivity index (χ0n) is 36.0. The first-order chi connectivity index (χ1) is 27.9. The number of ether oxygens (including phenoxy) is 15. The fraction of sp³-hybridized carbons (Fsp3) is 0.897. The number of hydrogen-bond donors (Lipinski definition) is 2. The quantitative estimate of drug-likeness (QED) is 0.105. The van der Waals surface area contributed by atoms with Crippen LogP contribution < -0.4 is 10.8 Å². The number of hydrogen-bond acceptors (Lipinski definition) is 18. The van der Waals surface area contributed by atoms with E-state index in [1.165, 1.54) is 6.08 Å². The molecule has 0 saturated carbocycles. The van der Waals surface area contributed by atoms with Crippen molar-refractivity contribution in [1.29, 1.82) is 0 Å². The van der Waals surface area contributed by atoms with E-state index >= 15 is 0 Å². The van der Waals surface area contributed by atoms with Crippen LogP contribution in [0.5, 0.6) is 0 Å². The molecule has 0 spiro atoms. The van der Waals surface area contributed by atoms with Crippen molar-refractivity contribution >= 4 is 12.0 Å². The third-order valence-corrected chi connectivity index (χ3v) is 9.13. The molecule has 0 aromatic rings. The molecule has 342 valence electrons. The van der Waals surface area contributed by atoms with Crippen LogP contribution in [0.2, 0.25) is 0 Å². The number of amides is 2. The minimum Gasteiger partial charge on any atom is -0.444 e. The molecule has 2 N–H and O–H groups in total. The van der Waals surface area contributed by atoms with Crippen LogP contribution in [0.15, 0.2) is 12.7 Å². The highest BCUT2D eigenvalue weighted by Gasteiger charge is 2.34. The van der Waals surface area contributed by atoms with Gasteiger partial charge in [0.1, 0.15) is 43.2 Å². The van der Waals surface area contributed by atoms with E-state index < -0.39 is 60.0 Å². The van der Waals surface area contributed by atoms with Crippen LogP contribution in [0.3, 0.4) is 0 Å². The summed E-state index contributed by atoms with van der Waals surface area (Å²) in [5.41, 5.74) is 2.05. The molecular formula is C39H68N2O18. The maximum absolute atomic E-state index is 13.1. The zero-order valence-corrected chi connectivity index (χ0v) is 36.0. The van der Waals surface area contributed by atoms with E-state index in [1.54, 1.807) is 0 Å². The first-order valence-corrected chi connectivity index (χ1v) is 20.2. The van der Waals surface area contributed by atoms with Gasteiger partial charge in [0.2, 0.25) is 5.91 Å². The molecule has 4 rings (SSSR count). The van der Waals surface area contributed by atoms with Gasteiger partial charge in [-0.1, -0.05) is 12.7 Å².